The molecule has 0 saturated carbocycles. The van der Waals surface area contributed by atoms with Crippen molar-refractivity contribution in [3.63, 3.8) is 0 Å². The first-order valence-electron chi connectivity index (χ1n) is 4.37. The normalized spacial score (nSPS) is 11.1. The van der Waals surface area contributed by atoms with Gasteiger partial charge in [0.2, 0.25) is 0 Å². The summed E-state index contributed by atoms with van der Waals surface area (Å²) in [5.41, 5.74) is 7.36. The van der Waals surface area contributed by atoms with Crippen LogP contribution in [0.4, 0.5) is 11.4 Å². The summed E-state index contributed by atoms with van der Waals surface area (Å²) < 4.78 is 25.4. The van der Waals surface area contributed by atoms with Crippen LogP contribution in [-0.2, 0) is 10.0 Å². The Balaban J connectivity index is 3.10. The van der Waals surface area contributed by atoms with Crippen LogP contribution in [0, 0.1) is 6.92 Å². The molecule has 5 heteroatoms. The maximum atomic E-state index is 11.5. The standard InChI is InChI=1S/C10H14N2O2S/c1-7(2)15(13,14)12-10-6-8(3)4-5-9(10)11/h4-6,12H,1,11H2,2-3H3. The van der Waals surface area contributed by atoms with Gasteiger partial charge in [0.05, 0.1) is 16.3 Å². The lowest BCUT2D eigenvalue weighted by molar-refractivity contribution is 0.607. The van der Waals surface area contributed by atoms with Gasteiger partial charge in [0.1, 0.15) is 0 Å². The summed E-state index contributed by atoms with van der Waals surface area (Å²) in [6.45, 7) is 6.67. The molecule has 0 spiro atoms. The molecule has 0 atom stereocenters. The number of hydrogen-bond donors (Lipinski definition) is 2. The van der Waals surface area contributed by atoms with Crippen molar-refractivity contribution in [2.75, 3.05) is 10.5 Å². The first-order chi connectivity index (χ1) is 6.83. The second-order valence-corrected chi connectivity index (χ2v) is 5.31. The van der Waals surface area contributed by atoms with Crippen molar-refractivity contribution in [2.24, 2.45) is 0 Å². The van der Waals surface area contributed by atoms with Gasteiger partial charge in [0, 0.05) is 0 Å². The maximum absolute atomic E-state index is 11.5. The molecule has 0 unspecified atom stereocenters. The van der Waals surface area contributed by atoms with Crippen molar-refractivity contribution >= 4 is 21.4 Å². The van der Waals surface area contributed by atoms with Gasteiger partial charge in [-0.3, -0.25) is 4.72 Å². The third-order valence-corrected chi connectivity index (χ3v) is 3.32. The van der Waals surface area contributed by atoms with Gasteiger partial charge in [-0.2, -0.15) is 0 Å². The van der Waals surface area contributed by atoms with Crippen LogP contribution in [0.15, 0.2) is 29.7 Å². The highest BCUT2D eigenvalue weighted by molar-refractivity contribution is 7.96. The Hall–Kier alpha value is -1.49. The Kier molecular flexibility index (Phi) is 3.04. The molecule has 4 nitrogen and oxygen atoms in total. The van der Waals surface area contributed by atoms with E-state index in [2.05, 4.69) is 11.3 Å². The zero-order chi connectivity index (χ0) is 11.6. The van der Waals surface area contributed by atoms with Gasteiger partial charge < -0.3 is 5.73 Å². The van der Waals surface area contributed by atoms with Crippen LogP contribution in [0.25, 0.3) is 0 Å². The summed E-state index contributed by atoms with van der Waals surface area (Å²) in [6.07, 6.45) is 0. The lowest BCUT2D eigenvalue weighted by Crippen LogP contribution is -2.14. The predicted octanol–water partition coefficient (Wildman–Crippen LogP) is 1.85. The quantitative estimate of drug-likeness (QED) is 0.772. The van der Waals surface area contributed by atoms with Crippen LogP contribution < -0.4 is 10.5 Å². The summed E-state index contributed by atoms with van der Waals surface area (Å²) in [4.78, 5) is 0.0587. The number of aryl methyl sites for hydroxylation is 1. The average molecular weight is 226 g/mol. The summed E-state index contributed by atoms with van der Waals surface area (Å²) in [5, 5.41) is 0. The topological polar surface area (TPSA) is 72.2 Å². The second kappa shape index (κ2) is 3.94. The zero-order valence-electron chi connectivity index (χ0n) is 8.74. The zero-order valence-corrected chi connectivity index (χ0v) is 9.56. The lowest BCUT2D eigenvalue weighted by Gasteiger charge is -2.10. The minimum Gasteiger partial charge on any atom is -0.397 e. The number of sulfonamides is 1. The highest BCUT2D eigenvalue weighted by Crippen LogP contribution is 2.22. The third kappa shape index (κ3) is 2.73. The molecule has 1 aromatic rings. The van der Waals surface area contributed by atoms with E-state index in [1.807, 2.05) is 13.0 Å². The number of nitrogen functional groups attached to an aromatic ring is 1. The third-order valence-electron chi connectivity index (χ3n) is 1.91. The molecule has 1 rings (SSSR count). The van der Waals surface area contributed by atoms with Crippen LogP contribution in [0.5, 0.6) is 0 Å². The van der Waals surface area contributed by atoms with E-state index < -0.39 is 10.0 Å². The second-order valence-electron chi connectivity index (χ2n) is 3.40. The fraction of sp³-hybridized carbons (Fsp3) is 0.200. The maximum Gasteiger partial charge on any atom is 0.257 e. The Morgan fingerprint density at radius 1 is 1.47 bits per heavy atom. The van der Waals surface area contributed by atoms with E-state index in [0.29, 0.717) is 11.4 Å². The van der Waals surface area contributed by atoms with Crippen molar-refractivity contribution in [1.82, 2.24) is 0 Å². The molecule has 0 radical (unpaired) electrons. The van der Waals surface area contributed by atoms with Gasteiger partial charge >= 0.3 is 0 Å². The molecule has 1 aromatic carbocycles. The largest absolute Gasteiger partial charge is 0.397 e. The fourth-order valence-corrected chi connectivity index (χ4v) is 1.63. The van der Waals surface area contributed by atoms with E-state index in [1.165, 1.54) is 6.92 Å². The first kappa shape index (κ1) is 11.6. The van der Waals surface area contributed by atoms with Crippen LogP contribution in [-0.4, -0.2) is 8.42 Å². The highest BCUT2D eigenvalue weighted by atomic mass is 32.2. The van der Waals surface area contributed by atoms with Crippen molar-refractivity contribution in [3.05, 3.63) is 35.2 Å². The monoisotopic (exact) mass is 226 g/mol. The minimum absolute atomic E-state index is 0.0587. The number of benzene rings is 1. The van der Waals surface area contributed by atoms with E-state index in [1.54, 1.807) is 12.1 Å². The van der Waals surface area contributed by atoms with Gasteiger partial charge in [-0.25, -0.2) is 8.42 Å². The molecule has 0 aliphatic heterocycles. The van der Waals surface area contributed by atoms with E-state index in [-0.39, 0.29) is 4.91 Å². The molecule has 0 amide bonds. The number of hydrogen-bond acceptors (Lipinski definition) is 3. The van der Waals surface area contributed by atoms with Gasteiger partial charge in [-0.1, -0.05) is 12.6 Å². The van der Waals surface area contributed by atoms with E-state index in [9.17, 15) is 8.42 Å². The Bertz CT molecular complexity index is 492. The number of anilines is 2. The van der Waals surface area contributed by atoms with Gasteiger partial charge in [0.25, 0.3) is 10.0 Å². The van der Waals surface area contributed by atoms with Crippen LogP contribution in [0.3, 0.4) is 0 Å². The molecule has 0 bridgehead atoms. The molecule has 0 aliphatic carbocycles. The van der Waals surface area contributed by atoms with Gasteiger partial charge in [0.15, 0.2) is 0 Å². The van der Waals surface area contributed by atoms with Crippen molar-refractivity contribution in [3.8, 4) is 0 Å². The van der Waals surface area contributed by atoms with E-state index in [4.69, 9.17) is 5.73 Å². The molecule has 0 fully saturated rings. The first-order valence-corrected chi connectivity index (χ1v) is 5.86. The molecule has 0 heterocycles. The summed E-state index contributed by atoms with van der Waals surface area (Å²) in [6, 6.07) is 5.15. The number of nitrogens with one attached hydrogen (secondary N) is 1. The van der Waals surface area contributed by atoms with Gasteiger partial charge in [-0.05, 0) is 31.5 Å². The van der Waals surface area contributed by atoms with Crippen molar-refractivity contribution in [2.45, 2.75) is 13.8 Å². The molecule has 0 aliphatic rings. The van der Waals surface area contributed by atoms with Crippen molar-refractivity contribution < 1.29 is 8.42 Å². The Labute approximate surface area is 89.9 Å². The molecular formula is C10H14N2O2S. The summed E-state index contributed by atoms with van der Waals surface area (Å²) in [5.74, 6) is 0. The highest BCUT2D eigenvalue weighted by Gasteiger charge is 2.12. The van der Waals surface area contributed by atoms with Crippen LogP contribution >= 0.6 is 0 Å². The van der Waals surface area contributed by atoms with Crippen LogP contribution in [0.2, 0.25) is 0 Å². The van der Waals surface area contributed by atoms with E-state index in [0.717, 1.165) is 5.56 Å². The lowest BCUT2D eigenvalue weighted by atomic mass is 10.2. The molecule has 82 valence electrons. The number of nitrogens with two attached hydrogens (primary N) is 1. The molecule has 15 heavy (non-hydrogen) atoms. The number of allylic oxidation sites excluding steroid dienone is 1. The Morgan fingerprint density at radius 3 is 2.60 bits per heavy atom. The van der Waals surface area contributed by atoms with E-state index >= 15 is 0 Å². The molecular weight excluding hydrogens is 212 g/mol. The van der Waals surface area contributed by atoms with Gasteiger partial charge in [-0.15, -0.1) is 0 Å². The average Bonchev–Trinajstić information content (AvgIpc) is 2.10. The van der Waals surface area contributed by atoms with Crippen LogP contribution in [0.1, 0.15) is 12.5 Å². The summed E-state index contributed by atoms with van der Waals surface area (Å²) >= 11 is 0. The Morgan fingerprint density at radius 2 is 2.07 bits per heavy atom. The fourth-order valence-electron chi connectivity index (χ4n) is 0.990. The SMILES string of the molecule is C=C(C)S(=O)(=O)Nc1cc(C)ccc1N. The van der Waals surface area contributed by atoms with Crippen molar-refractivity contribution in [1.29, 1.82) is 0 Å². The molecule has 0 saturated heterocycles. The minimum atomic E-state index is -3.51. The molecule has 0 aromatic heterocycles. The smallest absolute Gasteiger partial charge is 0.257 e. The summed E-state index contributed by atoms with van der Waals surface area (Å²) in [7, 11) is -3.51. The number of rotatable bonds is 3. The predicted molar refractivity (Wildman–Crippen MR) is 62.9 cm³/mol. The molecule has 3 N–H and O–H groups in total.